The van der Waals surface area contributed by atoms with Crippen LogP contribution in [0.1, 0.15) is 12.5 Å². The summed E-state index contributed by atoms with van der Waals surface area (Å²) in [6.45, 7) is 5.53. The predicted molar refractivity (Wildman–Crippen MR) is 72.1 cm³/mol. The van der Waals surface area contributed by atoms with Gasteiger partial charge in [-0.15, -0.1) is 0 Å². The molecule has 1 atom stereocenters. The average Bonchev–Trinajstić information content (AvgIpc) is 2.32. The zero-order valence-electron chi connectivity index (χ0n) is 11.4. The van der Waals surface area contributed by atoms with Crippen molar-refractivity contribution in [1.29, 1.82) is 0 Å². The van der Waals surface area contributed by atoms with Gasteiger partial charge >= 0.3 is 0 Å². The maximum absolute atomic E-state index is 12.8. The second-order valence-electron chi connectivity index (χ2n) is 4.67. The number of benzene rings is 1. The van der Waals surface area contributed by atoms with E-state index in [1.165, 1.54) is 12.1 Å². The van der Waals surface area contributed by atoms with Gasteiger partial charge in [0.15, 0.2) is 0 Å². The maximum atomic E-state index is 12.8. The molecule has 1 aromatic rings. The lowest BCUT2D eigenvalue weighted by Crippen LogP contribution is -2.36. The van der Waals surface area contributed by atoms with E-state index < -0.39 is 0 Å². The van der Waals surface area contributed by atoms with Gasteiger partial charge in [0.05, 0.1) is 6.61 Å². The van der Waals surface area contributed by atoms with E-state index in [1.807, 2.05) is 12.1 Å². The Morgan fingerprint density at radius 2 is 2.00 bits per heavy atom. The summed E-state index contributed by atoms with van der Waals surface area (Å²) < 4.78 is 17.8. The Morgan fingerprint density at radius 3 is 2.61 bits per heavy atom. The number of nitrogens with zero attached hydrogens (tertiary/aromatic N) is 1. The molecule has 0 aliphatic heterocycles. The van der Waals surface area contributed by atoms with Crippen molar-refractivity contribution in [3.05, 3.63) is 35.6 Å². The quantitative estimate of drug-likeness (QED) is 0.766. The van der Waals surface area contributed by atoms with Crippen molar-refractivity contribution in [2.45, 2.75) is 19.5 Å². The van der Waals surface area contributed by atoms with Crippen molar-refractivity contribution in [3.8, 4) is 0 Å². The summed E-state index contributed by atoms with van der Waals surface area (Å²) in [6.07, 6.45) is 0. The number of hydrogen-bond acceptors (Lipinski definition) is 3. The van der Waals surface area contributed by atoms with Crippen molar-refractivity contribution < 1.29 is 9.13 Å². The highest BCUT2D eigenvalue weighted by Gasteiger charge is 2.03. The summed E-state index contributed by atoms with van der Waals surface area (Å²) in [4.78, 5) is 2.21. The molecular weight excluding hydrogens is 231 g/mol. The molecule has 4 heteroatoms. The van der Waals surface area contributed by atoms with E-state index >= 15 is 0 Å². The molecule has 1 N–H and O–H groups in total. The van der Waals surface area contributed by atoms with Crippen LogP contribution in [0.4, 0.5) is 4.39 Å². The number of ether oxygens (including phenoxy) is 1. The van der Waals surface area contributed by atoms with Crippen molar-refractivity contribution in [2.24, 2.45) is 0 Å². The van der Waals surface area contributed by atoms with E-state index in [4.69, 9.17) is 4.74 Å². The van der Waals surface area contributed by atoms with Gasteiger partial charge in [-0.25, -0.2) is 4.39 Å². The Balaban J connectivity index is 2.21. The molecule has 3 nitrogen and oxygen atoms in total. The van der Waals surface area contributed by atoms with E-state index in [9.17, 15) is 4.39 Å². The second kappa shape index (κ2) is 8.19. The van der Waals surface area contributed by atoms with Crippen LogP contribution >= 0.6 is 0 Å². The zero-order chi connectivity index (χ0) is 13.4. The van der Waals surface area contributed by atoms with Crippen LogP contribution in [-0.2, 0) is 11.3 Å². The number of nitrogens with one attached hydrogen (secondary N) is 1. The summed E-state index contributed by atoms with van der Waals surface area (Å²) in [5.41, 5.74) is 1.13. The number of rotatable bonds is 8. The van der Waals surface area contributed by atoms with Gasteiger partial charge in [0, 0.05) is 32.8 Å². The van der Waals surface area contributed by atoms with Gasteiger partial charge in [-0.3, -0.25) is 0 Å². The Labute approximate surface area is 109 Å². The lowest BCUT2D eigenvalue weighted by Gasteiger charge is -2.19. The SMILES string of the molecule is COCC(C)NCCN(C)Cc1ccc(F)cc1. The summed E-state index contributed by atoms with van der Waals surface area (Å²) in [6, 6.07) is 7.03. The van der Waals surface area contributed by atoms with Gasteiger partial charge in [0.25, 0.3) is 0 Å². The average molecular weight is 254 g/mol. The molecule has 0 spiro atoms. The van der Waals surface area contributed by atoms with Gasteiger partial charge in [-0.1, -0.05) is 12.1 Å². The number of hydrogen-bond donors (Lipinski definition) is 1. The minimum absolute atomic E-state index is 0.184. The highest BCUT2D eigenvalue weighted by atomic mass is 19.1. The molecule has 0 aromatic heterocycles. The minimum Gasteiger partial charge on any atom is -0.383 e. The Bertz CT molecular complexity index is 329. The molecule has 0 aliphatic carbocycles. The van der Waals surface area contributed by atoms with Crippen LogP contribution in [0.5, 0.6) is 0 Å². The maximum Gasteiger partial charge on any atom is 0.123 e. The molecule has 18 heavy (non-hydrogen) atoms. The first-order valence-corrected chi connectivity index (χ1v) is 6.27. The normalized spacial score (nSPS) is 12.9. The molecule has 0 saturated heterocycles. The van der Waals surface area contributed by atoms with E-state index in [0.29, 0.717) is 6.04 Å². The monoisotopic (exact) mass is 254 g/mol. The second-order valence-corrected chi connectivity index (χ2v) is 4.67. The molecule has 0 saturated carbocycles. The molecular formula is C14H23FN2O. The summed E-state index contributed by atoms with van der Waals surface area (Å²) in [5, 5.41) is 3.38. The van der Waals surface area contributed by atoms with Gasteiger partial charge in [0.2, 0.25) is 0 Å². The van der Waals surface area contributed by atoms with Crippen molar-refractivity contribution in [3.63, 3.8) is 0 Å². The summed E-state index contributed by atoms with van der Waals surface area (Å²) in [7, 11) is 3.77. The molecule has 1 aromatic carbocycles. The largest absolute Gasteiger partial charge is 0.383 e. The van der Waals surface area contributed by atoms with Gasteiger partial charge in [-0.05, 0) is 31.7 Å². The first kappa shape index (κ1) is 15.1. The van der Waals surface area contributed by atoms with Crippen molar-refractivity contribution in [2.75, 3.05) is 33.9 Å². The third kappa shape index (κ3) is 6.10. The number of methoxy groups -OCH3 is 1. The fourth-order valence-electron chi connectivity index (χ4n) is 1.79. The van der Waals surface area contributed by atoms with Crippen LogP contribution in [0, 0.1) is 5.82 Å². The summed E-state index contributed by atoms with van der Waals surface area (Å²) >= 11 is 0. The van der Waals surface area contributed by atoms with Gasteiger partial charge in [0.1, 0.15) is 5.82 Å². The number of likely N-dealkylation sites (N-methyl/N-ethyl adjacent to an activating group) is 1. The van der Waals surface area contributed by atoms with Gasteiger partial charge < -0.3 is 15.0 Å². The smallest absolute Gasteiger partial charge is 0.123 e. The molecule has 0 fully saturated rings. The fraction of sp³-hybridized carbons (Fsp3) is 0.571. The van der Waals surface area contributed by atoms with E-state index in [0.717, 1.165) is 31.8 Å². The van der Waals surface area contributed by atoms with E-state index in [1.54, 1.807) is 7.11 Å². The molecule has 0 bridgehead atoms. The van der Waals surface area contributed by atoms with Crippen LogP contribution in [0.2, 0.25) is 0 Å². The van der Waals surface area contributed by atoms with E-state index in [2.05, 4.69) is 24.2 Å². The molecule has 0 aliphatic rings. The zero-order valence-corrected chi connectivity index (χ0v) is 11.4. The first-order valence-electron chi connectivity index (χ1n) is 6.27. The Kier molecular flexibility index (Phi) is 6.86. The third-order valence-corrected chi connectivity index (χ3v) is 2.77. The number of halogens is 1. The fourth-order valence-corrected chi connectivity index (χ4v) is 1.79. The lowest BCUT2D eigenvalue weighted by atomic mass is 10.2. The molecule has 1 rings (SSSR count). The molecule has 1 unspecified atom stereocenters. The van der Waals surface area contributed by atoms with Crippen molar-refractivity contribution in [1.82, 2.24) is 10.2 Å². The van der Waals surface area contributed by atoms with Crippen LogP contribution in [0.25, 0.3) is 0 Å². The predicted octanol–water partition coefficient (Wildman–Crippen LogP) is 1.88. The van der Waals surface area contributed by atoms with Crippen LogP contribution in [0.3, 0.4) is 0 Å². The standard InChI is InChI=1S/C14H23FN2O/c1-12(11-18-3)16-8-9-17(2)10-13-4-6-14(15)7-5-13/h4-7,12,16H,8-11H2,1-3H3. The van der Waals surface area contributed by atoms with Crippen LogP contribution in [0.15, 0.2) is 24.3 Å². The highest BCUT2D eigenvalue weighted by Crippen LogP contribution is 2.04. The Morgan fingerprint density at radius 1 is 1.33 bits per heavy atom. The molecule has 0 amide bonds. The molecule has 102 valence electrons. The molecule has 0 radical (unpaired) electrons. The van der Waals surface area contributed by atoms with Crippen LogP contribution in [-0.4, -0.2) is 44.8 Å². The first-order chi connectivity index (χ1) is 8.61. The highest BCUT2D eigenvalue weighted by molar-refractivity contribution is 5.15. The van der Waals surface area contributed by atoms with E-state index in [-0.39, 0.29) is 5.82 Å². The third-order valence-electron chi connectivity index (χ3n) is 2.77. The summed E-state index contributed by atoms with van der Waals surface area (Å²) in [5.74, 6) is -0.184. The lowest BCUT2D eigenvalue weighted by molar-refractivity contribution is 0.170. The topological polar surface area (TPSA) is 24.5 Å². The minimum atomic E-state index is -0.184. The van der Waals surface area contributed by atoms with Crippen LogP contribution < -0.4 is 5.32 Å². The van der Waals surface area contributed by atoms with Gasteiger partial charge in [-0.2, -0.15) is 0 Å². The molecule has 0 heterocycles. The van der Waals surface area contributed by atoms with Crippen molar-refractivity contribution >= 4 is 0 Å². The Hall–Kier alpha value is -0.970.